The summed E-state index contributed by atoms with van der Waals surface area (Å²) in [5.74, 6) is -0.214. The number of amides is 1. The lowest BCUT2D eigenvalue weighted by Gasteiger charge is -2.05. The molecule has 0 saturated heterocycles. The van der Waals surface area contributed by atoms with Crippen LogP contribution in [0.5, 0.6) is 0 Å². The van der Waals surface area contributed by atoms with Crippen molar-refractivity contribution in [3.05, 3.63) is 35.4 Å². The van der Waals surface area contributed by atoms with Crippen LogP contribution in [0.15, 0.2) is 24.3 Å². The van der Waals surface area contributed by atoms with Crippen molar-refractivity contribution in [1.29, 1.82) is 0 Å². The van der Waals surface area contributed by atoms with Crippen molar-refractivity contribution in [1.82, 2.24) is 5.32 Å². The maximum Gasteiger partial charge on any atom is 0.251 e. The monoisotopic (exact) mass is 306 g/mol. The molecule has 0 heterocycles. The quantitative estimate of drug-likeness (QED) is 0.811. The van der Waals surface area contributed by atoms with Crippen LogP contribution in [-0.4, -0.2) is 32.4 Å². The van der Waals surface area contributed by atoms with E-state index in [1.165, 1.54) is 0 Å². The highest BCUT2D eigenvalue weighted by Crippen LogP contribution is 2.03. The Kier molecular flexibility index (Phi) is 7.66. The summed E-state index contributed by atoms with van der Waals surface area (Å²) in [6.45, 7) is 2.15. The standard InChI is InChI=1S/C12H18N2O3S.ClH/c1-2-18(16,17)8-7-14-12(15)11-5-3-10(9-13)4-6-11;/h3-6H,2,7-9,13H2,1H3,(H,14,15);1H. The van der Waals surface area contributed by atoms with Gasteiger partial charge < -0.3 is 11.1 Å². The molecule has 108 valence electrons. The number of rotatable bonds is 6. The topological polar surface area (TPSA) is 89.3 Å². The Labute approximate surface area is 119 Å². The van der Waals surface area contributed by atoms with Crippen molar-refractivity contribution in [2.24, 2.45) is 5.73 Å². The number of benzene rings is 1. The van der Waals surface area contributed by atoms with Gasteiger partial charge in [0, 0.05) is 24.4 Å². The summed E-state index contributed by atoms with van der Waals surface area (Å²) in [7, 11) is -3.04. The molecule has 0 aliphatic heterocycles. The molecule has 0 unspecified atom stereocenters. The Morgan fingerprint density at radius 2 is 1.84 bits per heavy atom. The fourth-order valence-corrected chi connectivity index (χ4v) is 2.06. The zero-order valence-corrected chi connectivity index (χ0v) is 12.4. The molecule has 19 heavy (non-hydrogen) atoms. The van der Waals surface area contributed by atoms with Crippen LogP contribution in [0.3, 0.4) is 0 Å². The molecule has 7 heteroatoms. The molecule has 1 rings (SSSR count). The molecule has 1 aromatic rings. The predicted molar refractivity (Wildman–Crippen MR) is 78.2 cm³/mol. The van der Waals surface area contributed by atoms with Crippen molar-refractivity contribution in [2.45, 2.75) is 13.5 Å². The van der Waals surface area contributed by atoms with Crippen molar-refractivity contribution in [2.75, 3.05) is 18.1 Å². The van der Waals surface area contributed by atoms with E-state index in [9.17, 15) is 13.2 Å². The number of halogens is 1. The van der Waals surface area contributed by atoms with Gasteiger partial charge in [0.05, 0.1) is 5.75 Å². The van der Waals surface area contributed by atoms with E-state index in [1.807, 2.05) is 0 Å². The van der Waals surface area contributed by atoms with Crippen LogP contribution in [0.4, 0.5) is 0 Å². The first-order valence-corrected chi connectivity index (χ1v) is 7.58. The molecule has 1 aromatic carbocycles. The van der Waals surface area contributed by atoms with Crippen molar-refractivity contribution in [3.8, 4) is 0 Å². The van der Waals surface area contributed by atoms with Crippen molar-refractivity contribution < 1.29 is 13.2 Å². The highest BCUT2D eigenvalue weighted by molar-refractivity contribution is 7.91. The number of hydrogen-bond donors (Lipinski definition) is 2. The van der Waals surface area contributed by atoms with E-state index in [-0.39, 0.29) is 36.4 Å². The van der Waals surface area contributed by atoms with Crippen LogP contribution in [0.25, 0.3) is 0 Å². The molecule has 0 bridgehead atoms. The largest absolute Gasteiger partial charge is 0.351 e. The summed E-state index contributed by atoms with van der Waals surface area (Å²) in [5, 5.41) is 2.58. The summed E-state index contributed by atoms with van der Waals surface area (Å²) in [4.78, 5) is 11.7. The van der Waals surface area contributed by atoms with Gasteiger partial charge in [-0.2, -0.15) is 0 Å². The van der Waals surface area contributed by atoms with Gasteiger partial charge in [-0.3, -0.25) is 4.79 Å². The summed E-state index contributed by atoms with van der Waals surface area (Å²) in [5.41, 5.74) is 6.90. The maximum atomic E-state index is 11.7. The van der Waals surface area contributed by atoms with Gasteiger partial charge in [0.2, 0.25) is 0 Å². The minimum atomic E-state index is -3.04. The van der Waals surface area contributed by atoms with E-state index in [0.717, 1.165) is 5.56 Å². The van der Waals surface area contributed by atoms with Crippen LogP contribution in [0, 0.1) is 0 Å². The van der Waals surface area contributed by atoms with Crippen LogP contribution >= 0.6 is 12.4 Å². The van der Waals surface area contributed by atoms with Crippen LogP contribution in [0.1, 0.15) is 22.8 Å². The first-order valence-electron chi connectivity index (χ1n) is 5.76. The van der Waals surface area contributed by atoms with Gasteiger partial charge in [0.15, 0.2) is 9.84 Å². The van der Waals surface area contributed by atoms with Gasteiger partial charge >= 0.3 is 0 Å². The number of carbonyl (C=O) groups is 1. The molecule has 3 N–H and O–H groups in total. The number of hydrogen-bond acceptors (Lipinski definition) is 4. The molecule has 0 aliphatic rings. The van der Waals surface area contributed by atoms with E-state index in [0.29, 0.717) is 12.1 Å². The Bertz CT molecular complexity index is 500. The maximum absolute atomic E-state index is 11.7. The zero-order valence-electron chi connectivity index (χ0n) is 10.8. The lowest BCUT2D eigenvalue weighted by molar-refractivity contribution is 0.0956. The fourth-order valence-electron chi connectivity index (χ4n) is 1.36. The smallest absolute Gasteiger partial charge is 0.251 e. The summed E-state index contributed by atoms with van der Waals surface area (Å²) < 4.78 is 22.5. The lowest BCUT2D eigenvalue weighted by atomic mass is 10.1. The van der Waals surface area contributed by atoms with E-state index < -0.39 is 9.84 Å². The van der Waals surface area contributed by atoms with Crippen LogP contribution in [-0.2, 0) is 16.4 Å². The van der Waals surface area contributed by atoms with E-state index in [1.54, 1.807) is 31.2 Å². The third-order valence-corrected chi connectivity index (χ3v) is 4.30. The number of carbonyl (C=O) groups excluding carboxylic acids is 1. The second kappa shape index (κ2) is 8.14. The van der Waals surface area contributed by atoms with Gasteiger partial charge in [-0.05, 0) is 17.7 Å². The first-order chi connectivity index (χ1) is 8.48. The molecule has 0 fully saturated rings. The molecule has 0 saturated carbocycles. The number of sulfone groups is 1. The molecular weight excluding hydrogens is 288 g/mol. The minimum Gasteiger partial charge on any atom is -0.351 e. The van der Waals surface area contributed by atoms with Crippen LogP contribution in [0.2, 0.25) is 0 Å². The van der Waals surface area contributed by atoms with Gasteiger partial charge in [0.1, 0.15) is 0 Å². The van der Waals surface area contributed by atoms with E-state index in [4.69, 9.17) is 5.73 Å². The Morgan fingerprint density at radius 3 is 2.32 bits per heavy atom. The second-order valence-electron chi connectivity index (χ2n) is 3.89. The average molecular weight is 307 g/mol. The van der Waals surface area contributed by atoms with Gasteiger partial charge in [-0.25, -0.2) is 8.42 Å². The SMILES string of the molecule is CCS(=O)(=O)CCNC(=O)c1ccc(CN)cc1.Cl. The molecule has 0 aliphatic carbocycles. The normalized spacial score (nSPS) is 10.6. The summed E-state index contributed by atoms with van der Waals surface area (Å²) in [6, 6.07) is 6.90. The molecular formula is C12H19ClN2O3S. The van der Waals surface area contributed by atoms with Gasteiger partial charge in [0.25, 0.3) is 5.91 Å². The van der Waals surface area contributed by atoms with Gasteiger partial charge in [-0.1, -0.05) is 19.1 Å². The highest BCUT2D eigenvalue weighted by Gasteiger charge is 2.09. The second-order valence-corrected chi connectivity index (χ2v) is 6.37. The van der Waals surface area contributed by atoms with Gasteiger partial charge in [-0.15, -0.1) is 12.4 Å². The third-order valence-electron chi connectivity index (χ3n) is 2.59. The first kappa shape index (κ1) is 17.9. The molecule has 0 atom stereocenters. The molecule has 0 radical (unpaired) electrons. The Morgan fingerprint density at radius 1 is 1.26 bits per heavy atom. The summed E-state index contributed by atoms with van der Waals surface area (Å²) >= 11 is 0. The highest BCUT2D eigenvalue weighted by atomic mass is 35.5. The van der Waals surface area contributed by atoms with Crippen molar-refractivity contribution in [3.63, 3.8) is 0 Å². The summed E-state index contributed by atoms with van der Waals surface area (Å²) in [6.07, 6.45) is 0. The molecule has 0 spiro atoms. The number of nitrogens with two attached hydrogens (primary N) is 1. The number of nitrogens with one attached hydrogen (secondary N) is 1. The Hall–Kier alpha value is -1.11. The lowest BCUT2D eigenvalue weighted by Crippen LogP contribution is -2.29. The fraction of sp³-hybridized carbons (Fsp3) is 0.417. The Balaban J connectivity index is 0.00000324. The zero-order chi connectivity index (χ0) is 13.6. The average Bonchev–Trinajstić information content (AvgIpc) is 2.38. The minimum absolute atomic E-state index is 0. The molecule has 1 amide bonds. The molecule has 5 nitrogen and oxygen atoms in total. The van der Waals surface area contributed by atoms with Crippen molar-refractivity contribution >= 4 is 28.2 Å². The van der Waals surface area contributed by atoms with E-state index in [2.05, 4.69) is 5.32 Å². The van der Waals surface area contributed by atoms with E-state index >= 15 is 0 Å². The third kappa shape index (κ3) is 6.04. The van der Waals surface area contributed by atoms with Crippen LogP contribution < -0.4 is 11.1 Å². The molecule has 0 aromatic heterocycles. The predicted octanol–water partition coefficient (Wildman–Crippen LogP) is 0.732.